The Labute approximate surface area is 296 Å². The Kier molecular flexibility index (Phi) is 8.26. The first-order valence-electron chi connectivity index (χ1n) is 17.3. The van der Waals surface area contributed by atoms with Crippen LogP contribution in [0.2, 0.25) is 0 Å². The topological polar surface area (TPSA) is 145 Å². The lowest BCUT2D eigenvalue weighted by Crippen LogP contribution is -2.46. The number of hydrogen-bond donors (Lipinski definition) is 3. The van der Waals surface area contributed by atoms with Crippen LogP contribution in [0.25, 0.3) is 44.3 Å². The van der Waals surface area contributed by atoms with Gasteiger partial charge >= 0.3 is 5.97 Å². The average molecular weight is 703 g/mol. The first-order chi connectivity index (χ1) is 25.1. The van der Waals surface area contributed by atoms with E-state index in [1.807, 2.05) is 9.47 Å². The number of phenols is 1. The SMILES string of the molecule is CCN1CCN(c2cc3c(cc2F)c(=O)c(C(=O)NCc2c(O)ccc4c(-c5ccccc5C(=O)O)c5ccc(=O)cc-5oc24)cn3C2CC2)CC1. The molecular formula is C40H35FN4O7. The van der Waals surface area contributed by atoms with E-state index in [0.717, 1.165) is 32.5 Å². The van der Waals surface area contributed by atoms with Crippen LogP contribution in [-0.4, -0.2) is 64.3 Å². The summed E-state index contributed by atoms with van der Waals surface area (Å²) in [5.41, 5.74) is 1.51. The summed E-state index contributed by atoms with van der Waals surface area (Å²) < 4.78 is 23.8. The summed E-state index contributed by atoms with van der Waals surface area (Å²) >= 11 is 0. The van der Waals surface area contributed by atoms with E-state index in [4.69, 9.17) is 4.42 Å². The standard InChI is InChI=1S/C40H35FN4O7/c1-2-43-13-15-44(16-14-43)33-19-32-28(18-31(33)41)37(48)30(21-45(32)22-7-8-22)39(49)42-20-29-34(47)12-11-27-36(24-5-3-4-6-25(24)40(50)51)26-10-9-23(46)17-35(26)52-38(27)29/h3-6,9-12,17-19,21-22,47H,2,7-8,13-16,20H2,1H3,(H,42,49)(H,50,51). The van der Waals surface area contributed by atoms with E-state index in [1.165, 1.54) is 36.5 Å². The van der Waals surface area contributed by atoms with Gasteiger partial charge in [0.05, 0.1) is 28.9 Å². The number of pyridine rings is 1. The number of amides is 1. The fourth-order valence-corrected chi connectivity index (χ4v) is 7.31. The van der Waals surface area contributed by atoms with Crippen LogP contribution in [0.1, 0.15) is 52.1 Å². The Morgan fingerprint density at radius 3 is 2.42 bits per heavy atom. The second-order valence-electron chi connectivity index (χ2n) is 13.4. The predicted octanol–water partition coefficient (Wildman–Crippen LogP) is 5.83. The summed E-state index contributed by atoms with van der Waals surface area (Å²) in [6.07, 6.45) is 3.25. The number of phenolic OH excluding ortho intramolecular Hbond substituents is 1. The molecule has 0 radical (unpaired) electrons. The molecule has 11 nitrogen and oxygen atoms in total. The second kappa shape index (κ2) is 13.0. The Hall–Kier alpha value is -6.01. The number of benzene rings is 4. The van der Waals surface area contributed by atoms with Crippen molar-refractivity contribution >= 4 is 39.4 Å². The zero-order valence-electron chi connectivity index (χ0n) is 28.3. The van der Waals surface area contributed by atoms with Crippen molar-refractivity contribution in [2.75, 3.05) is 37.6 Å². The van der Waals surface area contributed by atoms with Crippen LogP contribution < -0.4 is 21.1 Å². The van der Waals surface area contributed by atoms with Gasteiger partial charge in [0, 0.05) is 66.4 Å². The van der Waals surface area contributed by atoms with E-state index in [-0.39, 0.29) is 57.2 Å². The number of carboxylic acids is 1. The van der Waals surface area contributed by atoms with E-state index >= 15 is 4.39 Å². The van der Waals surface area contributed by atoms with Crippen molar-refractivity contribution in [1.82, 2.24) is 14.8 Å². The number of aromatic hydroxyl groups is 1. The molecule has 1 saturated carbocycles. The maximum atomic E-state index is 15.7. The van der Waals surface area contributed by atoms with Gasteiger partial charge in [-0.25, -0.2) is 9.18 Å². The third-order valence-corrected chi connectivity index (χ3v) is 10.2. The summed E-state index contributed by atoms with van der Waals surface area (Å²) in [7, 11) is 0. The van der Waals surface area contributed by atoms with Crippen molar-refractivity contribution in [3.8, 4) is 28.2 Å². The molecular weight excluding hydrogens is 667 g/mol. The molecule has 1 saturated heterocycles. The quantitative estimate of drug-likeness (QED) is 0.167. The second-order valence-corrected chi connectivity index (χ2v) is 13.4. The number of likely N-dealkylation sites (N-methyl/N-ethyl adjacent to an activating group) is 1. The van der Waals surface area contributed by atoms with E-state index in [9.17, 15) is 29.4 Å². The molecule has 4 aliphatic rings. The Morgan fingerprint density at radius 1 is 0.923 bits per heavy atom. The molecule has 1 amide bonds. The van der Waals surface area contributed by atoms with Gasteiger partial charge in [-0.3, -0.25) is 14.4 Å². The average Bonchev–Trinajstić information content (AvgIpc) is 3.99. The first-order valence-corrected chi connectivity index (χ1v) is 17.3. The van der Waals surface area contributed by atoms with Crippen LogP contribution >= 0.6 is 0 Å². The maximum absolute atomic E-state index is 15.7. The van der Waals surface area contributed by atoms with Crippen LogP contribution in [0.5, 0.6) is 5.75 Å². The fraction of sp³-hybridized carbons (Fsp3) is 0.250. The summed E-state index contributed by atoms with van der Waals surface area (Å²) in [5.74, 6) is -2.47. The molecule has 4 aromatic rings. The number of rotatable bonds is 8. The van der Waals surface area contributed by atoms with Gasteiger partial charge in [-0.2, -0.15) is 0 Å². The van der Waals surface area contributed by atoms with Gasteiger partial charge < -0.3 is 34.3 Å². The first kappa shape index (κ1) is 33.2. The van der Waals surface area contributed by atoms with E-state index in [0.29, 0.717) is 46.4 Å². The lowest BCUT2D eigenvalue weighted by molar-refractivity contribution is 0.0697. The number of nitrogens with zero attached hydrogens (tertiary/aromatic N) is 3. The van der Waals surface area contributed by atoms with Crippen molar-refractivity contribution in [2.24, 2.45) is 0 Å². The number of aromatic carboxylic acids is 1. The van der Waals surface area contributed by atoms with Crippen molar-refractivity contribution in [3.05, 3.63) is 116 Å². The largest absolute Gasteiger partial charge is 0.507 e. The number of nitrogens with one attached hydrogen (secondary N) is 1. The highest BCUT2D eigenvalue weighted by Crippen LogP contribution is 2.44. The number of carbonyl (C=O) groups is 2. The monoisotopic (exact) mass is 702 g/mol. The molecule has 264 valence electrons. The molecule has 8 rings (SSSR count). The number of hydrogen-bond acceptors (Lipinski definition) is 8. The summed E-state index contributed by atoms with van der Waals surface area (Å²) in [5, 5.41) is 24.3. The molecule has 2 aliphatic carbocycles. The van der Waals surface area contributed by atoms with Crippen molar-refractivity contribution in [1.29, 1.82) is 0 Å². The number of aromatic nitrogens is 1. The summed E-state index contributed by atoms with van der Waals surface area (Å²) in [6, 6.07) is 16.7. The minimum atomic E-state index is -1.15. The predicted molar refractivity (Wildman–Crippen MR) is 195 cm³/mol. The minimum Gasteiger partial charge on any atom is -0.507 e. The Morgan fingerprint density at radius 2 is 1.69 bits per heavy atom. The van der Waals surface area contributed by atoms with Gasteiger partial charge in [0.2, 0.25) is 5.43 Å². The number of anilines is 1. The van der Waals surface area contributed by atoms with E-state index in [1.54, 1.807) is 36.4 Å². The molecule has 3 N–H and O–H groups in total. The lowest BCUT2D eigenvalue weighted by atomic mass is 9.90. The van der Waals surface area contributed by atoms with Gasteiger partial charge in [-0.05, 0) is 67.4 Å². The molecule has 3 heterocycles. The number of carboxylic acid groups (broad SMARTS) is 1. The van der Waals surface area contributed by atoms with Gasteiger partial charge in [-0.15, -0.1) is 0 Å². The van der Waals surface area contributed by atoms with Gasteiger partial charge in [0.25, 0.3) is 5.91 Å². The number of piperazine rings is 1. The third-order valence-electron chi connectivity index (χ3n) is 10.2. The summed E-state index contributed by atoms with van der Waals surface area (Å²) in [6.45, 7) is 5.70. The summed E-state index contributed by atoms with van der Waals surface area (Å²) in [4.78, 5) is 56.6. The number of halogens is 1. The van der Waals surface area contributed by atoms with Gasteiger partial charge in [0.15, 0.2) is 5.43 Å². The molecule has 3 aromatic carbocycles. The maximum Gasteiger partial charge on any atom is 0.336 e. The highest BCUT2D eigenvalue weighted by atomic mass is 19.1. The molecule has 0 spiro atoms. The molecule has 0 atom stereocenters. The van der Waals surface area contributed by atoms with Crippen LogP contribution in [0.15, 0.2) is 86.9 Å². The van der Waals surface area contributed by atoms with Crippen LogP contribution in [0.3, 0.4) is 0 Å². The zero-order chi connectivity index (χ0) is 36.3. The normalized spacial score (nSPS) is 15.1. The van der Waals surface area contributed by atoms with Crippen molar-refractivity contribution in [3.63, 3.8) is 0 Å². The van der Waals surface area contributed by atoms with Crippen LogP contribution in [-0.2, 0) is 6.54 Å². The molecule has 2 aliphatic heterocycles. The van der Waals surface area contributed by atoms with E-state index < -0.39 is 23.1 Å². The Balaban J connectivity index is 1.19. The highest BCUT2D eigenvalue weighted by molar-refractivity contribution is 6.08. The molecule has 2 fully saturated rings. The number of carbonyl (C=O) groups excluding carboxylic acids is 1. The van der Waals surface area contributed by atoms with Crippen LogP contribution in [0, 0.1) is 5.82 Å². The molecule has 52 heavy (non-hydrogen) atoms. The molecule has 12 heteroatoms. The molecule has 1 aromatic heterocycles. The lowest BCUT2D eigenvalue weighted by Gasteiger charge is -2.35. The van der Waals surface area contributed by atoms with Gasteiger partial charge in [-0.1, -0.05) is 25.1 Å². The number of fused-ring (bicyclic) bond motifs is 3. The third kappa shape index (κ3) is 5.74. The van der Waals surface area contributed by atoms with Crippen molar-refractivity contribution < 1.29 is 28.6 Å². The Bertz CT molecular complexity index is 2510. The minimum absolute atomic E-state index is 0.0243. The van der Waals surface area contributed by atoms with Crippen LogP contribution in [0.4, 0.5) is 10.1 Å². The van der Waals surface area contributed by atoms with Crippen molar-refractivity contribution in [2.45, 2.75) is 32.4 Å². The van der Waals surface area contributed by atoms with E-state index in [2.05, 4.69) is 17.1 Å². The zero-order valence-corrected chi connectivity index (χ0v) is 28.3. The molecule has 0 bridgehead atoms. The smallest absolute Gasteiger partial charge is 0.336 e. The highest BCUT2D eigenvalue weighted by Gasteiger charge is 2.29. The molecule has 0 unspecified atom stereocenters. The van der Waals surface area contributed by atoms with Gasteiger partial charge in [0.1, 0.15) is 28.5 Å². The fourth-order valence-electron chi connectivity index (χ4n) is 7.31.